The molecule has 0 radical (unpaired) electrons. The zero-order valence-corrected chi connectivity index (χ0v) is 11.4. The Hall–Kier alpha value is -1.54. The van der Waals surface area contributed by atoms with Crippen molar-refractivity contribution >= 4 is 11.9 Å². The maximum absolute atomic E-state index is 11.6. The van der Waals surface area contributed by atoms with E-state index in [2.05, 4.69) is 10.3 Å². The maximum atomic E-state index is 11.6. The first kappa shape index (κ1) is 15.0. The molecule has 5 aliphatic rings. The number of nitrogens with zero attached hydrogens (tertiary/aromatic N) is 1. The van der Waals surface area contributed by atoms with Crippen LogP contribution in [0.5, 0.6) is 0 Å². The Labute approximate surface area is 127 Å². The molecule has 0 aromatic heterocycles. The maximum Gasteiger partial charge on any atom is 0.341 e. The van der Waals surface area contributed by atoms with Gasteiger partial charge in [-0.3, -0.25) is 0 Å². The van der Waals surface area contributed by atoms with E-state index in [0.717, 1.165) is 0 Å². The van der Waals surface area contributed by atoms with E-state index >= 15 is 0 Å². The van der Waals surface area contributed by atoms with Crippen molar-refractivity contribution < 1.29 is 44.9 Å². The van der Waals surface area contributed by atoms with Gasteiger partial charge in [0.2, 0.25) is 5.60 Å². The second-order valence-electron chi connectivity index (χ2n) is 6.20. The number of carbonyl (C=O) groups is 1. The molecule has 9 atom stereocenters. The van der Waals surface area contributed by atoms with Gasteiger partial charge in [-0.15, -0.1) is 0 Å². The molecule has 0 amide bonds. The van der Waals surface area contributed by atoms with E-state index in [4.69, 9.17) is 15.2 Å². The first-order valence-corrected chi connectivity index (χ1v) is 6.78. The number of aliphatic carboxylic acids is 1. The molecule has 0 aromatic carbocycles. The number of aliphatic hydroxyl groups excluding tert-OH is 3. The fraction of sp³-hybridized carbons (Fsp3) is 0.818. The summed E-state index contributed by atoms with van der Waals surface area (Å²) in [4.78, 5) is 15.2. The molecule has 1 spiro atoms. The average Bonchev–Trinajstić information content (AvgIpc) is 2.44. The predicted octanol–water partition coefficient (Wildman–Crippen LogP) is -5.43. The van der Waals surface area contributed by atoms with Crippen molar-refractivity contribution in [2.24, 2.45) is 16.6 Å². The molecule has 5 unspecified atom stereocenters. The third-order valence-corrected chi connectivity index (χ3v) is 5.19. The minimum atomic E-state index is -2.77. The lowest BCUT2D eigenvalue weighted by Crippen LogP contribution is -2.95. The summed E-state index contributed by atoms with van der Waals surface area (Å²) in [7, 11) is 0. The molecule has 5 rings (SSSR count). The Kier molecular flexibility index (Phi) is 2.56. The van der Waals surface area contributed by atoms with Gasteiger partial charge in [0.15, 0.2) is 18.3 Å². The minimum absolute atomic E-state index is 0.337. The van der Waals surface area contributed by atoms with E-state index in [0.29, 0.717) is 0 Å². The van der Waals surface area contributed by atoms with Gasteiger partial charge in [0.25, 0.3) is 0 Å². The third kappa shape index (κ3) is 1.37. The van der Waals surface area contributed by atoms with Crippen molar-refractivity contribution in [1.29, 1.82) is 0 Å². The van der Waals surface area contributed by atoms with Crippen LogP contribution in [0.15, 0.2) is 4.99 Å². The Morgan fingerprint density at radius 3 is 2.43 bits per heavy atom. The Morgan fingerprint density at radius 2 is 1.83 bits per heavy atom. The third-order valence-electron chi connectivity index (χ3n) is 5.19. The van der Waals surface area contributed by atoms with Gasteiger partial charge >= 0.3 is 11.9 Å². The van der Waals surface area contributed by atoms with Gasteiger partial charge in [0.1, 0.15) is 23.9 Å². The fourth-order valence-corrected chi connectivity index (χ4v) is 4.21. The van der Waals surface area contributed by atoms with Crippen molar-refractivity contribution in [2.45, 2.75) is 47.8 Å². The Bertz CT molecular complexity index is 630. The normalized spacial score (nSPS) is 60.0. The van der Waals surface area contributed by atoms with Crippen molar-refractivity contribution in [3.8, 4) is 0 Å². The van der Waals surface area contributed by atoms with E-state index in [1.807, 2.05) is 0 Å². The SMILES string of the molecule is NC1=NC(O)C2C3OC4(O)OC([C@@H](O)[C@@]2(N1)[C@@H]4O)[C@]3(O)C(=O)O. The zero-order valence-electron chi connectivity index (χ0n) is 11.4. The van der Waals surface area contributed by atoms with Crippen molar-refractivity contribution in [2.75, 3.05) is 0 Å². The summed E-state index contributed by atoms with van der Waals surface area (Å²) in [6.45, 7) is 0. The quantitative estimate of drug-likeness (QED) is 0.227. The van der Waals surface area contributed by atoms with Crippen molar-refractivity contribution in [3.63, 3.8) is 0 Å². The molecule has 4 bridgehead atoms. The van der Waals surface area contributed by atoms with Gasteiger partial charge in [-0.2, -0.15) is 0 Å². The average molecular weight is 333 g/mol. The van der Waals surface area contributed by atoms with E-state index in [9.17, 15) is 35.4 Å². The highest BCUT2D eigenvalue weighted by molar-refractivity contribution is 5.83. The number of ether oxygens (including phenoxy) is 2. The summed E-state index contributed by atoms with van der Waals surface area (Å²) < 4.78 is 9.98. The molecule has 3 saturated heterocycles. The van der Waals surface area contributed by atoms with Crippen LogP contribution in [0.3, 0.4) is 0 Å². The van der Waals surface area contributed by atoms with Crippen LogP contribution in [0.4, 0.5) is 0 Å². The van der Waals surface area contributed by atoms with Crippen LogP contribution in [0, 0.1) is 5.92 Å². The van der Waals surface area contributed by atoms with Crippen LogP contribution in [0.25, 0.3) is 0 Å². The van der Waals surface area contributed by atoms with Crippen LogP contribution >= 0.6 is 0 Å². The molecular formula is C11H15N3O9. The minimum Gasteiger partial charge on any atom is -0.479 e. The highest BCUT2D eigenvalue weighted by Crippen LogP contribution is 2.58. The van der Waals surface area contributed by atoms with Gasteiger partial charge in [-0.05, 0) is 0 Å². The van der Waals surface area contributed by atoms with E-state index in [1.165, 1.54) is 0 Å². The molecule has 1 aliphatic carbocycles. The van der Waals surface area contributed by atoms with Crippen LogP contribution < -0.4 is 11.1 Å². The Morgan fingerprint density at radius 1 is 1.22 bits per heavy atom. The van der Waals surface area contributed by atoms with Gasteiger partial charge < -0.3 is 51.2 Å². The smallest absolute Gasteiger partial charge is 0.341 e. The molecule has 4 aliphatic heterocycles. The molecule has 128 valence electrons. The number of guanidine groups is 1. The number of rotatable bonds is 1. The monoisotopic (exact) mass is 333 g/mol. The van der Waals surface area contributed by atoms with Crippen LogP contribution in [0.2, 0.25) is 0 Å². The highest BCUT2D eigenvalue weighted by atomic mass is 16.9. The number of nitrogens with two attached hydrogens (primary N) is 1. The molecule has 0 aromatic rings. The largest absolute Gasteiger partial charge is 0.479 e. The number of nitrogens with one attached hydrogen (secondary N) is 1. The van der Waals surface area contributed by atoms with Gasteiger partial charge in [-0.1, -0.05) is 0 Å². The second-order valence-corrected chi connectivity index (χ2v) is 6.20. The van der Waals surface area contributed by atoms with E-state index in [-0.39, 0.29) is 5.96 Å². The standard InChI is InChI=1S/C11H15N3O9/c12-8-13-5(16)1-3-10(20,7(18)19)4-2(15)9(1,14-8)6(17)11(21,22-3)23-4/h1-6,15-17,20-21H,(H,18,19)(H3,12,13,14)/t1?,2-,3?,4?,5?,6+,9-,10+,11?/m1/s1. The number of carboxylic acid groups (broad SMARTS) is 1. The summed E-state index contributed by atoms with van der Waals surface area (Å²) in [5.74, 6) is -6.22. The molecule has 23 heavy (non-hydrogen) atoms. The van der Waals surface area contributed by atoms with E-state index < -0.39 is 59.6 Å². The fourth-order valence-electron chi connectivity index (χ4n) is 4.21. The highest BCUT2D eigenvalue weighted by Gasteiger charge is 2.84. The molecule has 1 saturated carbocycles. The summed E-state index contributed by atoms with van der Waals surface area (Å²) in [5, 5.41) is 63.8. The zero-order chi connectivity index (χ0) is 16.9. The van der Waals surface area contributed by atoms with Crippen molar-refractivity contribution in [3.05, 3.63) is 0 Å². The van der Waals surface area contributed by atoms with Gasteiger partial charge in [-0.25, -0.2) is 9.79 Å². The first-order valence-electron chi connectivity index (χ1n) is 6.78. The lowest BCUT2D eigenvalue weighted by molar-refractivity contribution is -0.542. The number of aliphatic imine (C=N–C) groups is 1. The van der Waals surface area contributed by atoms with Crippen LogP contribution in [0.1, 0.15) is 0 Å². The van der Waals surface area contributed by atoms with Gasteiger partial charge in [0.05, 0.1) is 5.92 Å². The van der Waals surface area contributed by atoms with Crippen molar-refractivity contribution in [1.82, 2.24) is 5.32 Å². The predicted molar refractivity (Wildman–Crippen MR) is 66.3 cm³/mol. The lowest BCUT2D eigenvalue weighted by atomic mass is 9.55. The Balaban J connectivity index is 1.97. The summed E-state index contributed by atoms with van der Waals surface area (Å²) >= 11 is 0. The lowest BCUT2D eigenvalue weighted by Gasteiger charge is -2.70. The topological polar surface area (TPSA) is 207 Å². The molecular weight excluding hydrogens is 318 g/mol. The summed E-state index contributed by atoms with van der Waals surface area (Å²) in [5.41, 5.74) is 0.849. The number of hydrogen-bond donors (Lipinski definition) is 8. The number of carboxylic acids is 1. The summed E-state index contributed by atoms with van der Waals surface area (Å²) in [6.07, 6.45) is -9.04. The summed E-state index contributed by atoms with van der Waals surface area (Å²) in [6, 6.07) is 0. The van der Waals surface area contributed by atoms with E-state index in [1.54, 1.807) is 0 Å². The molecule has 12 nitrogen and oxygen atoms in total. The number of aliphatic hydroxyl groups is 5. The molecule has 4 fully saturated rings. The van der Waals surface area contributed by atoms with Crippen LogP contribution in [-0.2, 0) is 14.3 Å². The molecule has 9 N–H and O–H groups in total. The first-order chi connectivity index (χ1) is 10.6. The second kappa shape index (κ2) is 3.92. The number of hydrogen-bond acceptors (Lipinski definition) is 11. The van der Waals surface area contributed by atoms with Gasteiger partial charge in [0, 0.05) is 0 Å². The molecule has 12 heteroatoms. The molecule has 4 heterocycles. The van der Waals surface area contributed by atoms with Crippen LogP contribution in [-0.4, -0.2) is 90.3 Å².